The molecule has 9 heteroatoms. The maximum absolute atomic E-state index is 13.6. The van der Waals surface area contributed by atoms with Crippen LogP contribution in [-0.2, 0) is 4.79 Å². The first-order chi connectivity index (χ1) is 20.3. The molecule has 6 nitrogen and oxygen atoms in total. The van der Waals surface area contributed by atoms with Crippen molar-refractivity contribution in [1.82, 2.24) is 4.98 Å². The van der Waals surface area contributed by atoms with Gasteiger partial charge in [0.2, 0.25) is 5.91 Å². The highest BCUT2D eigenvalue weighted by Crippen LogP contribution is 2.37. The zero-order valence-electron chi connectivity index (χ0n) is 23.0. The molecule has 0 aliphatic rings. The molecule has 0 saturated carbocycles. The van der Waals surface area contributed by atoms with Crippen molar-refractivity contribution in [2.75, 3.05) is 16.0 Å². The average molecular weight is 609 g/mol. The van der Waals surface area contributed by atoms with Crippen molar-refractivity contribution >= 4 is 68.6 Å². The molecule has 210 valence electrons. The summed E-state index contributed by atoms with van der Waals surface area (Å²) in [6, 6.07) is 32.8. The van der Waals surface area contributed by atoms with Gasteiger partial charge in [-0.2, -0.15) is 0 Å². The Kier molecular flexibility index (Phi) is 9.43. The zero-order valence-corrected chi connectivity index (χ0v) is 25.4. The number of thiazole rings is 1. The normalized spacial score (nSPS) is 11.4. The van der Waals surface area contributed by atoms with Gasteiger partial charge in [-0.1, -0.05) is 66.2 Å². The van der Waals surface area contributed by atoms with Gasteiger partial charge in [0.25, 0.3) is 0 Å². The molecular formula is C33H28N4O2S3. The standard InChI is InChI=1S/C33H28N4O2S3/c1-21-11-13-24(14-12-21)29-20-41-33(36-29)37-31(39)30(25-7-4-3-5-8-25)42-28-10-6-9-27(19-28)35-32(40)34-26-17-15-23(16-18-26)22(2)38/h3-20,30H,1-2H3,(H2,34,35,40)(H,36,37,39). The lowest BCUT2D eigenvalue weighted by atomic mass is 10.1. The number of carbonyl (C=O) groups is 2. The summed E-state index contributed by atoms with van der Waals surface area (Å²) < 4.78 is 0. The van der Waals surface area contributed by atoms with Crippen LogP contribution in [0, 0.1) is 6.92 Å². The lowest BCUT2D eigenvalue weighted by molar-refractivity contribution is -0.115. The molecule has 0 aliphatic carbocycles. The van der Waals surface area contributed by atoms with Crippen LogP contribution >= 0.6 is 35.3 Å². The second kappa shape index (κ2) is 13.6. The minimum Gasteiger partial charge on any atom is -0.332 e. The molecule has 0 radical (unpaired) electrons. The van der Waals surface area contributed by atoms with Crippen molar-refractivity contribution in [3.8, 4) is 11.3 Å². The van der Waals surface area contributed by atoms with Gasteiger partial charge in [0.05, 0.1) is 5.69 Å². The first-order valence-corrected chi connectivity index (χ1v) is 15.3. The molecule has 5 aromatic rings. The fourth-order valence-corrected chi connectivity index (χ4v) is 6.17. The summed E-state index contributed by atoms with van der Waals surface area (Å²) in [5, 5.41) is 11.8. The number of nitrogens with one attached hydrogen (secondary N) is 3. The Morgan fingerprint density at radius 2 is 1.55 bits per heavy atom. The predicted molar refractivity (Wildman–Crippen MR) is 179 cm³/mol. The number of aromatic nitrogens is 1. The Hall–Kier alpha value is -4.31. The first-order valence-electron chi connectivity index (χ1n) is 13.2. The molecule has 42 heavy (non-hydrogen) atoms. The average Bonchev–Trinajstić information content (AvgIpc) is 3.45. The number of thiocarbonyl (C=S) groups is 1. The lowest BCUT2D eigenvalue weighted by Crippen LogP contribution is -2.19. The number of nitrogens with zero attached hydrogens (tertiary/aromatic N) is 1. The summed E-state index contributed by atoms with van der Waals surface area (Å²) in [4.78, 5) is 30.7. The van der Waals surface area contributed by atoms with E-state index in [1.165, 1.54) is 35.6 Å². The maximum Gasteiger partial charge on any atom is 0.244 e. The molecule has 0 bridgehead atoms. The summed E-state index contributed by atoms with van der Waals surface area (Å²) in [5.74, 6) is -0.140. The molecule has 1 aromatic heterocycles. The number of hydrogen-bond donors (Lipinski definition) is 3. The van der Waals surface area contributed by atoms with Crippen LogP contribution in [0.5, 0.6) is 0 Å². The van der Waals surface area contributed by atoms with Crippen molar-refractivity contribution in [1.29, 1.82) is 0 Å². The van der Waals surface area contributed by atoms with E-state index < -0.39 is 5.25 Å². The third-order valence-electron chi connectivity index (χ3n) is 6.32. The van der Waals surface area contributed by atoms with Crippen molar-refractivity contribution in [3.05, 3.63) is 125 Å². The number of benzene rings is 4. The van der Waals surface area contributed by atoms with Gasteiger partial charge in [-0.3, -0.25) is 9.59 Å². The molecule has 0 aliphatic heterocycles. The molecule has 1 atom stereocenters. The highest BCUT2D eigenvalue weighted by molar-refractivity contribution is 8.00. The smallest absolute Gasteiger partial charge is 0.244 e. The zero-order chi connectivity index (χ0) is 29.5. The van der Waals surface area contributed by atoms with Crippen LogP contribution in [-0.4, -0.2) is 21.8 Å². The molecule has 1 unspecified atom stereocenters. The Morgan fingerprint density at radius 3 is 2.26 bits per heavy atom. The van der Waals surface area contributed by atoms with Gasteiger partial charge in [0.15, 0.2) is 16.0 Å². The Balaban J connectivity index is 1.28. The van der Waals surface area contributed by atoms with Crippen LogP contribution in [0.2, 0.25) is 0 Å². The minimum atomic E-state index is -0.502. The maximum atomic E-state index is 13.6. The van der Waals surface area contributed by atoms with E-state index in [9.17, 15) is 9.59 Å². The molecule has 0 fully saturated rings. The summed E-state index contributed by atoms with van der Waals surface area (Å²) in [6.07, 6.45) is 0. The molecule has 3 N–H and O–H groups in total. The predicted octanol–water partition coefficient (Wildman–Crippen LogP) is 8.60. The van der Waals surface area contributed by atoms with E-state index in [-0.39, 0.29) is 11.7 Å². The molecule has 1 amide bonds. The third-order valence-corrected chi connectivity index (χ3v) is 8.53. The van der Waals surface area contributed by atoms with Crippen LogP contribution in [0.3, 0.4) is 0 Å². The van der Waals surface area contributed by atoms with E-state index in [4.69, 9.17) is 12.2 Å². The minimum absolute atomic E-state index is 0.0118. The van der Waals surface area contributed by atoms with Crippen LogP contribution < -0.4 is 16.0 Å². The van der Waals surface area contributed by atoms with Gasteiger partial charge in [-0.05, 0) is 74.1 Å². The quantitative estimate of drug-likeness (QED) is 0.0878. The van der Waals surface area contributed by atoms with Crippen LogP contribution in [0.15, 0.2) is 113 Å². The van der Waals surface area contributed by atoms with Gasteiger partial charge < -0.3 is 16.0 Å². The van der Waals surface area contributed by atoms with E-state index in [1.54, 1.807) is 12.1 Å². The van der Waals surface area contributed by atoms with Gasteiger partial charge in [-0.25, -0.2) is 4.98 Å². The van der Waals surface area contributed by atoms with Gasteiger partial charge in [-0.15, -0.1) is 23.1 Å². The number of ketones is 1. The van der Waals surface area contributed by atoms with Crippen molar-refractivity contribution in [3.63, 3.8) is 0 Å². The number of rotatable bonds is 9. The molecule has 0 spiro atoms. The molecular weight excluding hydrogens is 581 g/mol. The molecule has 1 heterocycles. The topological polar surface area (TPSA) is 83.1 Å². The lowest BCUT2D eigenvalue weighted by Gasteiger charge is -2.17. The van der Waals surface area contributed by atoms with Gasteiger partial charge in [0, 0.05) is 32.8 Å². The molecule has 4 aromatic carbocycles. The first kappa shape index (κ1) is 29.2. The highest BCUT2D eigenvalue weighted by Gasteiger charge is 2.23. The second-order valence-electron chi connectivity index (χ2n) is 9.54. The van der Waals surface area contributed by atoms with Crippen LogP contribution in [0.4, 0.5) is 16.5 Å². The Bertz CT molecular complexity index is 1700. The fraction of sp³-hybridized carbons (Fsp3) is 0.0909. The molecule has 0 saturated heterocycles. The fourth-order valence-electron chi connectivity index (χ4n) is 4.12. The largest absolute Gasteiger partial charge is 0.332 e. The number of aryl methyl sites for hydroxylation is 1. The molecule has 5 rings (SSSR count). The summed E-state index contributed by atoms with van der Waals surface area (Å²) in [6.45, 7) is 3.58. The SMILES string of the molecule is CC(=O)c1ccc(NC(=S)Nc2cccc(SC(C(=O)Nc3nc(-c4ccc(C)cc4)cs3)c3ccccc3)c2)cc1. The second-order valence-corrected chi connectivity index (χ2v) is 12.0. The highest BCUT2D eigenvalue weighted by atomic mass is 32.2. The van der Waals surface area contributed by atoms with Gasteiger partial charge in [0.1, 0.15) is 5.25 Å². The van der Waals surface area contributed by atoms with Crippen molar-refractivity contribution in [2.24, 2.45) is 0 Å². The van der Waals surface area contributed by atoms with Crippen LogP contribution in [0.1, 0.15) is 33.7 Å². The summed E-state index contributed by atoms with van der Waals surface area (Å²) >= 11 is 8.36. The number of carbonyl (C=O) groups excluding carboxylic acids is 2. The number of Topliss-reactive ketones (excluding diaryl/α,β-unsaturated/α-hetero) is 1. The van der Waals surface area contributed by atoms with Gasteiger partial charge >= 0.3 is 0 Å². The third kappa shape index (κ3) is 7.70. The van der Waals surface area contributed by atoms with Crippen LogP contribution in [0.25, 0.3) is 11.3 Å². The van der Waals surface area contributed by atoms with E-state index in [0.29, 0.717) is 15.8 Å². The van der Waals surface area contributed by atoms with E-state index >= 15 is 0 Å². The number of amides is 1. The van der Waals surface area contributed by atoms with Crippen molar-refractivity contribution in [2.45, 2.75) is 24.0 Å². The summed E-state index contributed by atoms with van der Waals surface area (Å²) in [7, 11) is 0. The number of anilines is 3. The Labute approximate surface area is 258 Å². The van der Waals surface area contributed by atoms with E-state index in [1.807, 2.05) is 103 Å². The summed E-state index contributed by atoms with van der Waals surface area (Å²) in [5.41, 5.74) is 6.11. The monoisotopic (exact) mass is 608 g/mol. The van der Waals surface area contributed by atoms with E-state index in [2.05, 4.69) is 20.9 Å². The van der Waals surface area contributed by atoms with Crippen molar-refractivity contribution < 1.29 is 9.59 Å². The van der Waals surface area contributed by atoms with E-state index in [0.717, 1.165) is 33.1 Å². The Morgan fingerprint density at radius 1 is 0.833 bits per heavy atom. The number of thioether (sulfide) groups is 1. The number of hydrogen-bond acceptors (Lipinski definition) is 6.